The van der Waals surface area contributed by atoms with Gasteiger partial charge in [0.1, 0.15) is 0 Å². The van der Waals surface area contributed by atoms with Crippen LogP contribution < -0.4 is 5.32 Å². The number of nitrogens with one attached hydrogen (secondary N) is 1. The van der Waals surface area contributed by atoms with Crippen LogP contribution in [-0.2, 0) is 16.4 Å². The molecule has 1 saturated heterocycles. The van der Waals surface area contributed by atoms with Crippen molar-refractivity contribution in [1.82, 2.24) is 14.9 Å². The average molecular weight is 247 g/mol. The summed E-state index contributed by atoms with van der Waals surface area (Å²) in [5.74, 6) is 0.503. The largest absolute Gasteiger partial charge is 0.305 e. The molecule has 0 amide bonds. The van der Waals surface area contributed by atoms with E-state index in [0.717, 1.165) is 5.69 Å². The maximum absolute atomic E-state index is 11.3. The number of hydrogen-bond donors (Lipinski definition) is 1. The maximum atomic E-state index is 11.3. The molecule has 0 bridgehead atoms. The Morgan fingerprint density at radius 3 is 3.00 bits per heavy atom. The molecule has 1 N–H and O–H groups in total. The van der Waals surface area contributed by atoms with Gasteiger partial charge in [-0.3, -0.25) is 0 Å². The molecule has 0 aromatic carbocycles. The second-order valence-electron chi connectivity index (χ2n) is 4.15. The second-order valence-corrected chi connectivity index (χ2v) is 6.95. The minimum atomic E-state index is -2.84. The third-order valence-electron chi connectivity index (χ3n) is 2.60. The van der Waals surface area contributed by atoms with Gasteiger partial charge >= 0.3 is 0 Å². The molecule has 1 unspecified atom stereocenters. The van der Waals surface area contributed by atoms with E-state index in [2.05, 4.69) is 14.9 Å². The molecular weight excluding hydrogens is 234 g/mol. The minimum absolute atomic E-state index is 0.220. The summed E-state index contributed by atoms with van der Waals surface area (Å²) in [6, 6.07) is 0. The zero-order valence-corrected chi connectivity index (χ0v) is 10.1. The molecule has 2 rings (SSSR count). The summed E-state index contributed by atoms with van der Waals surface area (Å²) in [7, 11) is -2.84. The van der Waals surface area contributed by atoms with Gasteiger partial charge in [0.25, 0.3) is 0 Å². The molecule has 0 saturated carbocycles. The molecular formula is C8H13N3O2S2. The van der Waals surface area contributed by atoms with Crippen LogP contribution in [0.15, 0.2) is 5.38 Å². The van der Waals surface area contributed by atoms with Crippen LogP contribution in [-0.4, -0.2) is 35.0 Å². The van der Waals surface area contributed by atoms with E-state index in [1.54, 1.807) is 0 Å². The third kappa shape index (κ3) is 2.73. The summed E-state index contributed by atoms with van der Waals surface area (Å²) in [5.41, 5.74) is 0.563. The van der Waals surface area contributed by atoms with E-state index < -0.39 is 9.84 Å². The Kier molecular flexibility index (Phi) is 2.78. The maximum Gasteiger partial charge on any atom is 0.152 e. The van der Waals surface area contributed by atoms with Crippen LogP contribution in [0.25, 0.3) is 0 Å². The Bertz CT molecular complexity index is 429. The molecule has 1 aliphatic rings. The first-order valence-corrected chi connectivity index (χ1v) is 7.36. The van der Waals surface area contributed by atoms with Crippen molar-refractivity contribution < 1.29 is 8.42 Å². The second kappa shape index (κ2) is 3.80. The van der Waals surface area contributed by atoms with Crippen LogP contribution in [0.4, 0.5) is 0 Å². The van der Waals surface area contributed by atoms with Crippen molar-refractivity contribution in [3.8, 4) is 0 Å². The fourth-order valence-electron chi connectivity index (χ4n) is 1.71. The molecule has 84 valence electrons. The summed E-state index contributed by atoms with van der Waals surface area (Å²) >= 11 is 1.30. The van der Waals surface area contributed by atoms with Gasteiger partial charge < -0.3 is 5.32 Å². The first-order valence-electron chi connectivity index (χ1n) is 4.71. The minimum Gasteiger partial charge on any atom is -0.305 e. The number of aromatic nitrogens is 2. The number of hydrogen-bond acceptors (Lipinski definition) is 6. The molecule has 1 aromatic rings. The Morgan fingerprint density at radius 2 is 2.47 bits per heavy atom. The van der Waals surface area contributed by atoms with Crippen LogP contribution in [0.1, 0.15) is 19.0 Å². The van der Waals surface area contributed by atoms with Gasteiger partial charge in [-0.05, 0) is 24.9 Å². The first kappa shape index (κ1) is 11.0. The number of sulfone groups is 1. The van der Waals surface area contributed by atoms with Crippen LogP contribution in [0, 0.1) is 0 Å². The molecule has 2 heterocycles. The van der Waals surface area contributed by atoms with Crippen molar-refractivity contribution in [1.29, 1.82) is 0 Å². The van der Waals surface area contributed by atoms with E-state index in [0.29, 0.717) is 13.0 Å². The quantitative estimate of drug-likeness (QED) is 0.826. The molecule has 7 heteroatoms. The summed E-state index contributed by atoms with van der Waals surface area (Å²) in [4.78, 5) is 0. The highest BCUT2D eigenvalue weighted by Gasteiger charge is 2.37. The predicted molar refractivity (Wildman–Crippen MR) is 58.4 cm³/mol. The molecule has 1 aliphatic heterocycles. The fourth-order valence-corrected chi connectivity index (χ4v) is 4.29. The Labute approximate surface area is 93.0 Å². The predicted octanol–water partition coefficient (Wildman–Crippen LogP) is 0.205. The molecule has 1 fully saturated rings. The molecule has 5 nitrogen and oxygen atoms in total. The van der Waals surface area contributed by atoms with Crippen molar-refractivity contribution >= 4 is 21.4 Å². The topological polar surface area (TPSA) is 72.0 Å². The van der Waals surface area contributed by atoms with Crippen LogP contribution in [0.2, 0.25) is 0 Å². The summed E-state index contributed by atoms with van der Waals surface area (Å²) in [6.45, 7) is 2.53. The van der Waals surface area contributed by atoms with Crippen LogP contribution in [0.5, 0.6) is 0 Å². The summed E-state index contributed by atoms with van der Waals surface area (Å²) in [6.07, 6.45) is 0.674. The van der Waals surface area contributed by atoms with Crippen molar-refractivity contribution in [3.63, 3.8) is 0 Å². The zero-order valence-electron chi connectivity index (χ0n) is 8.43. The lowest BCUT2D eigenvalue weighted by Gasteiger charge is -2.23. The van der Waals surface area contributed by atoms with Gasteiger partial charge in [-0.25, -0.2) is 8.42 Å². The molecule has 15 heavy (non-hydrogen) atoms. The first-order chi connectivity index (χ1) is 6.99. The van der Waals surface area contributed by atoms with Gasteiger partial charge in [-0.1, -0.05) is 4.49 Å². The third-order valence-corrected chi connectivity index (χ3v) is 5.06. The highest BCUT2D eigenvalue weighted by Crippen LogP contribution is 2.23. The van der Waals surface area contributed by atoms with E-state index >= 15 is 0 Å². The van der Waals surface area contributed by atoms with Crippen molar-refractivity contribution in [2.24, 2.45) is 0 Å². The molecule has 1 atom stereocenters. The number of nitrogens with zero attached hydrogens (tertiary/aromatic N) is 2. The molecule has 0 aliphatic carbocycles. The fraction of sp³-hybridized carbons (Fsp3) is 0.750. The SMILES string of the molecule is CC1(NCc2csnn2)CCS(=O)(=O)C1. The van der Waals surface area contributed by atoms with Gasteiger partial charge in [0, 0.05) is 17.5 Å². The van der Waals surface area contributed by atoms with E-state index in [-0.39, 0.29) is 17.0 Å². The van der Waals surface area contributed by atoms with Gasteiger partial charge in [-0.15, -0.1) is 5.10 Å². The Balaban J connectivity index is 1.95. The van der Waals surface area contributed by atoms with E-state index in [9.17, 15) is 8.42 Å². The highest BCUT2D eigenvalue weighted by atomic mass is 32.2. The van der Waals surface area contributed by atoms with E-state index in [4.69, 9.17) is 0 Å². The highest BCUT2D eigenvalue weighted by molar-refractivity contribution is 7.91. The average Bonchev–Trinajstić information content (AvgIpc) is 2.71. The smallest absolute Gasteiger partial charge is 0.152 e. The zero-order chi connectivity index (χ0) is 10.9. The van der Waals surface area contributed by atoms with Gasteiger partial charge in [0.05, 0.1) is 17.2 Å². The van der Waals surface area contributed by atoms with Crippen molar-refractivity contribution in [2.45, 2.75) is 25.4 Å². The van der Waals surface area contributed by atoms with Gasteiger partial charge in [0.15, 0.2) is 9.84 Å². The number of rotatable bonds is 3. The monoisotopic (exact) mass is 247 g/mol. The van der Waals surface area contributed by atoms with Gasteiger partial charge in [0.2, 0.25) is 0 Å². The van der Waals surface area contributed by atoms with E-state index in [1.807, 2.05) is 12.3 Å². The van der Waals surface area contributed by atoms with Crippen molar-refractivity contribution in [3.05, 3.63) is 11.1 Å². The van der Waals surface area contributed by atoms with Crippen LogP contribution >= 0.6 is 11.5 Å². The standard InChI is InChI=1S/C8H13N3O2S2/c1-8(2-3-15(12,13)6-8)9-4-7-5-14-11-10-7/h5,9H,2-4,6H2,1H3. The Morgan fingerprint density at radius 1 is 1.67 bits per heavy atom. The van der Waals surface area contributed by atoms with Crippen molar-refractivity contribution in [2.75, 3.05) is 11.5 Å². The lowest BCUT2D eigenvalue weighted by atomic mass is 10.0. The Hall–Kier alpha value is -0.530. The van der Waals surface area contributed by atoms with Crippen LogP contribution in [0.3, 0.4) is 0 Å². The summed E-state index contributed by atoms with van der Waals surface area (Å²) in [5, 5.41) is 9.00. The van der Waals surface area contributed by atoms with E-state index in [1.165, 1.54) is 11.5 Å². The lowest BCUT2D eigenvalue weighted by Crippen LogP contribution is -2.42. The molecule has 1 aromatic heterocycles. The lowest BCUT2D eigenvalue weighted by molar-refractivity contribution is 0.393. The molecule has 0 spiro atoms. The normalized spacial score (nSPS) is 29.4. The summed E-state index contributed by atoms with van der Waals surface area (Å²) < 4.78 is 26.4. The van der Waals surface area contributed by atoms with Gasteiger partial charge in [-0.2, -0.15) is 0 Å². The molecule has 0 radical (unpaired) electrons.